The third-order valence-corrected chi connectivity index (χ3v) is 2.65. The lowest BCUT2D eigenvalue weighted by atomic mass is 10.2. The number of aryl methyl sites for hydroxylation is 1. The largest absolute Gasteiger partial charge is 0.493 e. The van der Waals surface area contributed by atoms with Gasteiger partial charge in [0.2, 0.25) is 5.75 Å². The minimum atomic E-state index is 0.188. The molecule has 1 aromatic heterocycles. The van der Waals surface area contributed by atoms with Crippen LogP contribution in [-0.2, 0) is 6.61 Å². The quantitative estimate of drug-likeness (QED) is 0.755. The van der Waals surface area contributed by atoms with E-state index in [4.69, 9.17) is 18.7 Å². The molecule has 1 aromatic carbocycles. The summed E-state index contributed by atoms with van der Waals surface area (Å²) >= 11 is 0. The molecule has 2 rings (SSSR count). The van der Waals surface area contributed by atoms with Gasteiger partial charge in [0.05, 0.1) is 19.9 Å². The first kappa shape index (κ1) is 13.9. The minimum Gasteiger partial charge on any atom is -0.493 e. The summed E-state index contributed by atoms with van der Waals surface area (Å²) in [7, 11) is 2.99. The lowest BCUT2D eigenvalue weighted by Gasteiger charge is -2.14. The van der Waals surface area contributed by atoms with Gasteiger partial charge < -0.3 is 18.7 Å². The first-order chi connectivity index (χ1) is 9.67. The lowest BCUT2D eigenvalue weighted by Crippen LogP contribution is -2.00. The standard InChI is InChI=1S/C14H15NO5/c1-9-4-11(20-15-9)8-19-14-12(17-2)5-10(7-16)6-13(14)18-3/h4-7H,8H2,1-3H3. The maximum Gasteiger partial charge on any atom is 0.204 e. The number of hydrogen-bond acceptors (Lipinski definition) is 6. The molecule has 0 aliphatic rings. The summed E-state index contributed by atoms with van der Waals surface area (Å²) in [4.78, 5) is 10.9. The Labute approximate surface area is 116 Å². The molecule has 0 N–H and O–H groups in total. The second-order valence-electron chi connectivity index (χ2n) is 4.10. The molecule has 0 fully saturated rings. The van der Waals surface area contributed by atoms with Crippen LogP contribution in [-0.4, -0.2) is 25.7 Å². The van der Waals surface area contributed by atoms with Crippen LogP contribution in [0.3, 0.4) is 0 Å². The predicted molar refractivity (Wildman–Crippen MR) is 70.5 cm³/mol. The van der Waals surface area contributed by atoms with Gasteiger partial charge in [-0.15, -0.1) is 0 Å². The van der Waals surface area contributed by atoms with Crippen molar-refractivity contribution in [2.45, 2.75) is 13.5 Å². The third kappa shape index (κ3) is 2.90. The molecule has 0 radical (unpaired) electrons. The topological polar surface area (TPSA) is 70.8 Å². The molecule has 0 unspecified atom stereocenters. The number of hydrogen-bond donors (Lipinski definition) is 0. The highest BCUT2D eigenvalue weighted by Crippen LogP contribution is 2.38. The van der Waals surface area contributed by atoms with Crippen molar-refractivity contribution < 1.29 is 23.5 Å². The van der Waals surface area contributed by atoms with Crippen LogP contribution in [0.2, 0.25) is 0 Å². The molecular weight excluding hydrogens is 262 g/mol. The predicted octanol–water partition coefficient (Wildman–Crippen LogP) is 2.39. The van der Waals surface area contributed by atoms with Crippen LogP contribution in [0.4, 0.5) is 0 Å². The van der Waals surface area contributed by atoms with Crippen molar-refractivity contribution in [1.82, 2.24) is 5.16 Å². The molecule has 0 aliphatic heterocycles. The molecular formula is C14H15NO5. The lowest BCUT2D eigenvalue weighted by molar-refractivity contribution is 0.112. The summed E-state index contributed by atoms with van der Waals surface area (Å²) in [5, 5.41) is 3.78. The molecule has 2 aromatic rings. The van der Waals surface area contributed by atoms with Gasteiger partial charge in [0, 0.05) is 11.6 Å². The Hall–Kier alpha value is -2.50. The monoisotopic (exact) mass is 277 g/mol. The maximum atomic E-state index is 10.9. The zero-order valence-electron chi connectivity index (χ0n) is 11.5. The Morgan fingerprint density at radius 2 is 1.85 bits per heavy atom. The second kappa shape index (κ2) is 6.10. The highest BCUT2D eigenvalue weighted by Gasteiger charge is 2.15. The van der Waals surface area contributed by atoms with Crippen LogP contribution in [0.15, 0.2) is 22.7 Å². The normalized spacial score (nSPS) is 10.2. The van der Waals surface area contributed by atoms with Crippen molar-refractivity contribution in [3.05, 3.63) is 35.2 Å². The molecule has 20 heavy (non-hydrogen) atoms. The van der Waals surface area contributed by atoms with Crippen molar-refractivity contribution in [1.29, 1.82) is 0 Å². The fourth-order valence-electron chi connectivity index (χ4n) is 1.74. The molecule has 0 saturated heterocycles. The summed E-state index contributed by atoms with van der Waals surface area (Å²) in [5.74, 6) is 1.84. The highest BCUT2D eigenvalue weighted by molar-refractivity contribution is 5.78. The molecule has 6 nitrogen and oxygen atoms in total. The van der Waals surface area contributed by atoms with Crippen molar-refractivity contribution >= 4 is 6.29 Å². The fourth-order valence-corrected chi connectivity index (χ4v) is 1.74. The van der Waals surface area contributed by atoms with Gasteiger partial charge in [0.15, 0.2) is 17.3 Å². The van der Waals surface area contributed by atoms with Gasteiger partial charge in [-0.1, -0.05) is 5.16 Å². The number of aromatic nitrogens is 1. The average molecular weight is 277 g/mol. The molecule has 1 heterocycles. The van der Waals surface area contributed by atoms with Crippen LogP contribution in [0.5, 0.6) is 17.2 Å². The first-order valence-electron chi connectivity index (χ1n) is 5.94. The summed E-state index contributed by atoms with van der Waals surface area (Å²) in [6.45, 7) is 2.01. The van der Waals surface area contributed by atoms with Crippen molar-refractivity contribution in [2.24, 2.45) is 0 Å². The number of carbonyl (C=O) groups excluding carboxylic acids is 1. The van der Waals surface area contributed by atoms with Crippen molar-refractivity contribution in [3.8, 4) is 17.2 Å². The maximum absolute atomic E-state index is 10.9. The van der Waals surface area contributed by atoms with Crippen LogP contribution in [0, 0.1) is 6.92 Å². The van der Waals surface area contributed by atoms with E-state index in [1.165, 1.54) is 14.2 Å². The smallest absolute Gasteiger partial charge is 0.204 e. The van der Waals surface area contributed by atoms with E-state index in [0.29, 0.717) is 34.9 Å². The van der Waals surface area contributed by atoms with E-state index in [9.17, 15) is 4.79 Å². The SMILES string of the molecule is COc1cc(C=O)cc(OC)c1OCc1cc(C)no1. The average Bonchev–Trinajstić information content (AvgIpc) is 2.89. The van der Waals surface area contributed by atoms with Gasteiger partial charge in [0.25, 0.3) is 0 Å². The number of rotatable bonds is 6. The third-order valence-electron chi connectivity index (χ3n) is 2.65. The van der Waals surface area contributed by atoms with Crippen LogP contribution < -0.4 is 14.2 Å². The molecule has 0 bridgehead atoms. The molecule has 0 amide bonds. The Morgan fingerprint density at radius 3 is 2.30 bits per heavy atom. The number of nitrogens with zero attached hydrogens (tertiary/aromatic N) is 1. The molecule has 0 spiro atoms. The van der Waals surface area contributed by atoms with Gasteiger partial charge in [0.1, 0.15) is 12.9 Å². The van der Waals surface area contributed by atoms with Gasteiger partial charge >= 0.3 is 0 Å². The number of methoxy groups -OCH3 is 2. The van der Waals surface area contributed by atoms with Gasteiger partial charge in [-0.05, 0) is 19.1 Å². The Morgan fingerprint density at radius 1 is 1.20 bits per heavy atom. The van der Waals surface area contributed by atoms with Crippen molar-refractivity contribution in [2.75, 3.05) is 14.2 Å². The summed E-state index contributed by atoms with van der Waals surface area (Å²) in [6.07, 6.45) is 0.717. The molecule has 6 heteroatoms. The van der Waals surface area contributed by atoms with Gasteiger partial charge in [-0.2, -0.15) is 0 Å². The zero-order valence-corrected chi connectivity index (χ0v) is 11.5. The number of ether oxygens (including phenoxy) is 3. The first-order valence-corrected chi connectivity index (χ1v) is 5.94. The van der Waals surface area contributed by atoms with Gasteiger partial charge in [-0.3, -0.25) is 4.79 Å². The van der Waals surface area contributed by atoms with E-state index in [1.54, 1.807) is 18.2 Å². The fraction of sp³-hybridized carbons (Fsp3) is 0.286. The van der Waals surface area contributed by atoms with E-state index < -0.39 is 0 Å². The van der Waals surface area contributed by atoms with E-state index in [0.717, 1.165) is 5.69 Å². The van der Waals surface area contributed by atoms with E-state index in [-0.39, 0.29) is 6.61 Å². The van der Waals surface area contributed by atoms with Crippen LogP contribution in [0.25, 0.3) is 0 Å². The summed E-state index contributed by atoms with van der Waals surface area (Å²) in [5.41, 5.74) is 1.22. The summed E-state index contributed by atoms with van der Waals surface area (Å²) < 4.78 is 21.1. The minimum absolute atomic E-state index is 0.188. The second-order valence-corrected chi connectivity index (χ2v) is 4.10. The molecule has 0 saturated carbocycles. The van der Waals surface area contributed by atoms with E-state index in [2.05, 4.69) is 5.16 Å². The van der Waals surface area contributed by atoms with Crippen LogP contribution in [0.1, 0.15) is 21.8 Å². The Balaban J connectivity index is 2.27. The Bertz CT molecular complexity index is 580. The molecule has 106 valence electrons. The van der Waals surface area contributed by atoms with E-state index >= 15 is 0 Å². The zero-order chi connectivity index (χ0) is 14.5. The van der Waals surface area contributed by atoms with E-state index in [1.807, 2.05) is 6.92 Å². The Kier molecular flexibility index (Phi) is 4.24. The highest BCUT2D eigenvalue weighted by atomic mass is 16.5. The molecule has 0 atom stereocenters. The number of aldehydes is 1. The number of benzene rings is 1. The van der Waals surface area contributed by atoms with Crippen molar-refractivity contribution in [3.63, 3.8) is 0 Å². The summed E-state index contributed by atoms with van der Waals surface area (Å²) in [6, 6.07) is 4.94. The number of carbonyl (C=O) groups is 1. The van der Waals surface area contributed by atoms with Gasteiger partial charge in [-0.25, -0.2) is 0 Å². The van der Waals surface area contributed by atoms with Crippen LogP contribution >= 0.6 is 0 Å². The molecule has 0 aliphatic carbocycles.